The number of benzene rings is 2. The van der Waals surface area contributed by atoms with Crippen LogP contribution in [0.25, 0.3) is 5.69 Å². The second-order valence-electron chi connectivity index (χ2n) is 7.50. The lowest BCUT2D eigenvalue weighted by atomic mass is 10.1. The normalized spacial score (nSPS) is 10.9. The van der Waals surface area contributed by atoms with E-state index in [4.69, 9.17) is 11.6 Å². The Kier molecular flexibility index (Phi) is 7.05. The summed E-state index contributed by atoms with van der Waals surface area (Å²) in [5.74, 6) is 0.0900. The number of anilines is 1. The molecule has 0 unspecified atom stereocenters. The van der Waals surface area contributed by atoms with Crippen molar-refractivity contribution in [3.05, 3.63) is 88.0 Å². The molecule has 0 fully saturated rings. The Balaban J connectivity index is 1.65. The van der Waals surface area contributed by atoms with Crippen LogP contribution in [0.3, 0.4) is 0 Å². The first-order chi connectivity index (χ1) is 15.9. The predicted molar refractivity (Wildman–Crippen MR) is 131 cm³/mol. The molecule has 2 aromatic heterocycles. The molecule has 2 aromatic carbocycles. The van der Waals surface area contributed by atoms with Crippen LogP contribution in [0.2, 0.25) is 5.02 Å². The van der Waals surface area contributed by atoms with E-state index in [-0.39, 0.29) is 11.6 Å². The Morgan fingerprint density at radius 1 is 1.03 bits per heavy atom. The van der Waals surface area contributed by atoms with Crippen molar-refractivity contribution in [3.8, 4) is 5.69 Å². The molecule has 2 heterocycles. The van der Waals surface area contributed by atoms with Crippen molar-refractivity contribution >= 4 is 35.0 Å². The molecule has 168 valence electrons. The maximum Gasteiger partial charge on any atom is 0.278 e. The summed E-state index contributed by atoms with van der Waals surface area (Å²) in [5.41, 5.74) is 5.34. The second-order valence-corrected chi connectivity index (χ2v) is 8.88. The lowest BCUT2D eigenvalue weighted by Gasteiger charge is -2.09. The van der Waals surface area contributed by atoms with E-state index >= 15 is 0 Å². The van der Waals surface area contributed by atoms with Gasteiger partial charge in [0.25, 0.3) is 5.91 Å². The van der Waals surface area contributed by atoms with Crippen molar-refractivity contribution in [2.75, 3.05) is 5.32 Å². The number of nitrogens with one attached hydrogen (secondary N) is 1. The van der Waals surface area contributed by atoms with Gasteiger partial charge in [-0.15, -0.1) is 5.10 Å². The Labute approximate surface area is 201 Å². The van der Waals surface area contributed by atoms with E-state index < -0.39 is 0 Å². The number of hydrogen-bond donors (Lipinski definition) is 1. The molecule has 0 bridgehead atoms. The number of thioether (sulfide) groups is 1. The first kappa shape index (κ1) is 22.9. The SMILES string of the molecule is CCc1ccc(NC(=O)c2nnn(-c3ccc(Cl)cc3)c2CSc2nc(C)cc(C)n2)cc1. The van der Waals surface area contributed by atoms with Gasteiger partial charge in [-0.1, -0.05) is 47.6 Å². The highest BCUT2D eigenvalue weighted by molar-refractivity contribution is 7.98. The Bertz CT molecular complexity index is 1250. The molecule has 1 N–H and O–H groups in total. The molecule has 0 saturated carbocycles. The minimum Gasteiger partial charge on any atom is -0.321 e. The van der Waals surface area contributed by atoms with E-state index in [1.54, 1.807) is 16.8 Å². The van der Waals surface area contributed by atoms with Crippen LogP contribution in [-0.4, -0.2) is 30.9 Å². The van der Waals surface area contributed by atoms with Crippen LogP contribution in [0.1, 0.15) is 40.1 Å². The molecule has 0 spiro atoms. The van der Waals surface area contributed by atoms with E-state index in [1.165, 1.54) is 17.3 Å². The number of hydrogen-bond acceptors (Lipinski definition) is 6. The molecule has 4 aromatic rings. The molecule has 0 atom stereocenters. The molecule has 9 heteroatoms. The fraction of sp³-hybridized carbons (Fsp3) is 0.208. The van der Waals surface area contributed by atoms with Gasteiger partial charge in [-0.2, -0.15) is 0 Å². The predicted octanol–water partition coefficient (Wildman–Crippen LogP) is 5.43. The first-order valence-corrected chi connectivity index (χ1v) is 11.8. The molecule has 0 aliphatic rings. The summed E-state index contributed by atoms with van der Waals surface area (Å²) in [6.07, 6.45) is 0.936. The number of aromatic nitrogens is 5. The maximum absolute atomic E-state index is 13.1. The largest absolute Gasteiger partial charge is 0.321 e. The maximum atomic E-state index is 13.1. The highest BCUT2D eigenvalue weighted by Gasteiger charge is 2.22. The molecular weight excluding hydrogens is 456 g/mol. The van der Waals surface area contributed by atoms with Crippen molar-refractivity contribution in [1.29, 1.82) is 0 Å². The summed E-state index contributed by atoms with van der Waals surface area (Å²) >= 11 is 7.48. The van der Waals surface area contributed by atoms with Gasteiger partial charge >= 0.3 is 0 Å². The van der Waals surface area contributed by atoms with Crippen LogP contribution in [0.15, 0.2) is 59.8 Å². The summed E-state index contributed by atoms with van der Waals surface area (Å²) in [6.45, 7) is 5.95. The fourth-order valence-electron chi connectivity index (χ4n) is 3.30. The topological polar surface area (TPSA) is 85.6 Å². The van der Waals surface area contributed by atoms with E-state index in [9.17, 15) is 4.79 Å². The molecule has 0 aliphatic carbocycles. The van der Waals surface area contributed by atoms with Crippen LogP contribution in [0.5, 0.6) is 0 Å². The van der Waals surface area contributed by atoms with E-state index in [0.29, 0.717) is 27.3 Å². The number of amides is 1. The summed E-state index contributed by atoms with van der Waals surface area (Å²) < 4.78 is 1.65. The molecule has 7 nitrogen and oxygen atoms in total. The summed E-state index contributed by atoms with van der Waals surface area (Å²) in [7, 11) is 0. The molecule has 1 amide bonds. The standard InChI is InChI=1S/C24H23ClN6OS/c1-4-17-5-9-19(10-6-17)28-23(32)22-21(14-33-24-26-15(2)13-16(3)27-24)31(30-29-22)20-11-7-18(25)8-12-20/h5-13H,4,14H2,1-3H3,(H,28,32). The molecule has 4 rings (SSSR count). The van der Waals surface area contributed by atoms with Gasteiger partial charge in [0.05, 0.1) is 11.4 Å². The summed E-state index contributed by atoms with van der Waals surface area (Å²) in [6, 6.07) is 16.9. The van der Waals surface area contributed by atoms with Gasteiger partial charge < -0.3 is 5.32 Å². The third-order valence-corrected chi connectivity index (χ3v) is 6.08. The smallest absolute Gasteiger partial charge is 0.278 e. The molecule has 33 heavy (non-hydrogen) atoms. The molecule has 0 aliphatic heterocycles. The monoisotopic (exact) mass is 478 g/mol. The van der Waals surface area contributed by atoms with Crippen LogP contribution < -0.4 is 5.32 Å². The Morgan fingerprint density at radius 3 is 2.33 bits per heavy atom. The van der Waals surface area contributed by atoms with Gasteiger partial charge in [0.15, 0.2) is 10.9 Å². The summed E-state index contributed by atoms with van der Waals surface area (Å²) in [4.78, 5) is 22.1. The van der Waals surface area contributed by atoms with Crippen molar-refractivity contribution in [2.24, 2.45) is 0 Å². The number of carbonyl (C=O) groups excluding carboxylic acids is 1. The average Bonchev–Trinajstić information content (AvgIpc) is 3.22. The third-order valence-electron chi connectivity index (χ3n) is 4.97. The lowest BCUT2D eigenvalue weighted by Crippen LogP contribution is -2.15. The zero-order chi connectivity index (χ0) is 23.4. The minimum atomic E-state index is -0.323. The number of rotatable bonds is 7. The van der Waals surface area contributed by atoms with E-state index in [1.807, 2.05) is 56.3 Å². The van der Waals surface area contributed by atoms with Crippen molar-refractivity contribution in [3.63, 3.8) is 0 Å². The number of aryl methyl sites for hydroxylation is 3. The third kappa shape index (κ3) is 5.58. The van der Waals surface area contributed by atoms with Crippen molar-refractivity contribution in [1.82, 2.24) is 25.0 Å². The van der Waals surface area contributed by atoms with Crippen LogP contribution >= 0.6 is 23.4 Å². The first-order valence-electron chi connectivity index (χ1n) is 10.5. The number of halogens is 1. The average molecular weight is 479 g/mol. The van der Waals surface area contributed by atoms with Gasteiger partial charge in [-0.3, -0.25) is 4.79 Å². The van der Waals surface area contributed by atoms with Crippen LogP contribution in [-0.2, 0) is 12.2 Å². The Hall–Kier alpha value is -3.23. The highest BCUT2D eigenvalue weighted by Crippen LogP contribution is 2.25. The molecule has 0 saturated heterocycles. The zero-order valence-corrected chi connectivity index (χ0v) is 20.1. The van der Waals surface area contributed by atoms with Gasteiger partial charge in [-0.05, 0) is 68.3 Å². The van der Waals surface area contributed by atoms with Crippen LogP contribution in [0, 0.1) is 13.8 Å². The van der Waals surface area contributed by atoms with Gasteiger partial charge in [-0.25, -0.2) is 14.6 Å². The fourth-order valence-corrected chi connectivity index (χ4v) is 4.37. The van der Waals surface area contributed by atoms with E-state index in [0.717, 1.165) is 23.5 Å². The molecule has 0 radical (unpaired) electrons. The second kappa shape index (κ2) is 10.1. The Morgan fingerprint density at radius 2 is 1.70 bits per heavy atom. The number of nitrogens with zero attached hydrogens (tertiary/aromatic N) is 5. The van der Waals surface area contributed by atoms with Gasteiger partial charge in [0.1, 0.15) is 0 Å². The van der Waals surface area contributed by atoms with Crippen molar-refractivity contribution < 1.29 is 4.79 Å². The molecular formula is C24H23ClN6OS. The quantitative estimate of drug-likeness (QED) is 0.281. The van der Waals surface area contributed by atoms with E-state index in [2.05, 4.69) is 32.5 Å². The van der Waals surface area contributed by atoms with Crippen LogP contribution in [0.4, 0.5) is 5.69 Å². The minimum absolute atomic E-state index is 0.251. The van der Waals surface area contributed by atoms with Crippen molar-refractivity contribution in [2.45, 2.75) is 38.1 Å². The number of carbonyl (C=O) groups is 1. The lowest BCUT2D eigenvalue weighted by molar-refractivity contribution is 0.102. The van der Waals surface area contributed by atoms with Gasteiger partial charge in [0, 0.05) is 27.9 Å². The zero-order valence-electron chi connectivity index (χ0n) is 18.5. The van der Waals surface area contributed by atoms with Gasteiger partial charge in [0.2, 0.25) is 0 Å². The summed E-state index contributed by atoms with van der Waals surface area (Å²) in [5, 5.41) is 12.6. The highest BCUT2D eigenvalue weighted by atomic mass is 35.5.